The van der Waals surface area contributed by atoms with Crippen LogP contribution < -0.4 is 10.1 Å². The highest BCUT2D eigenvalue weighted by molar-refractivity contribution is 5.36. The van der Waals surface area contributed by atoms with Crippen LogP contribution in [0.3, 0.4) is 0 Å². The molecule has 0 aliphatic carbocycles. The summed E-state index contributed by atoms with van der Waals surface area (Å²) in [4.78, 5) is 0. The van der Waals surface area contributed by atoms with Gasteiger partial charge in [0, 0.05) is 18.0 Å². The maximum absolute atomic E-state index is 6.03. The topological polar surface area (TPSA) is 30.5 Å². The molecular weight excluding hydrogens is 214 g/mol. The second kappa shape index (κ2) is 6.03. The standard InChI is InChI=1S/C14H21NO2/c1-3-13(15-2)12-6-4-5-7-14(12)17-11-8-9-16-10-11/h4-7,11,13,15H,3,8-10H2,1-2H3. The van der Waals surface area contributed by atoms with Crippen molar-refractivity contribution in [1.29, 1.82) is 0 Å². The minimum atomic E-state index is 0.213. The molecule has 0 aromatic heterocycles. The van der Waals surface area contributed by atoms with Crippen molar-refractivity contribution in [2.75, 3.05) is 20.3 Å². The van der Waals surface area contributed by atoms with Gasteiger partial charge < -0.3 is 14.8 Å². The number of rotatable bonds is 5. The van der Waals surface area contributed by atoms with Gasteiger partial charge in [-0.2, -0.15) is 0 Å². The van der Waals surface area contributed by atoms with E-state index in [1.807, 2.05) is 19.2 Å². The number of para-hydroxylation sites is 1. The Bertz CT molecular complexity index is 344. The molecule has 0 spiro atoms. The summed E-state index contributed by atoms with van der Waals surface area (Å²) in [7, 11) is 1.99. The quantitative estimate of drug-likeness (QED) is 0.850. The summed E-state index contributed by atoms with van der Waals surface area (Å²) in [6.07, 6.45) is 2.26. The average Bonchev–Trinajstić information content (AvgIpc) is 2.86. The van der Waals surface area contributed by atoms with E-state index in [9.17, 15) is 0 Å². The van der Waals surface area contributed by atoms with Crippen LogP contribution in [0.4, 0.5) is 0 Å². The van der Waals surface area contributed by atoms with Crippen LogP contribution in [0.25, 0.3) is 0 Å². The van der Waals surface area contributed by atoms with Crippen molar-refractivity contribution in [2.45, 2.75) is 31.9 Å². The van der Waals surface area contributed by atoms with Gasteiger partial charge in [0.15, 0.2) is 0 Å². The zero-order chi connectivity index (χ0) is 12.1. The molecule has 1 aromatic carbocycles. The lowest BCUT2D eigenvalue weighted by Crippen LogP contribution is -2.20. The van der Waals surface area contributed by atoms with Crippen LogP contribution in [0.2, 0.25) is 0 Å². The summed E-state index contributed by atoms with van der Waals surface area (Å²) in [5.41, 5.74) is 1.24. The van der Waals surface area contributed by atoms with Crippen molar-refractivity contribution in [3.05, 3.63) is 29.8 Å². The third-order valence-electron chi connectivity index (χ3n) is 3.23. The van der Waals surface area contributed by atoms with E-state index in [0.717, 1.165) is 25.2 Å². The Balaban J connectivity index is 2.14. The highest BCUT2D eigenvalue weighted by Crippen LogP contribution is 2.28. The summed E-state index contributed by atoms with van der Waals surface area (Å²) >= 11 is 0. The van der Waals surface area contributed by atoms with Crippen LogP contribution in [0.1, 0.15) is 31.4 Å². The summed E-state index contributed by atoms with van der Waals surface area (Å²) in [5.74, 6) is 0.990. The molecule has 0 amide bonds. The smallest absolute Gasteiger partial charge is 0.124 e. The van der Waals surface area contributed by atoms with Crippen molar-refractivity contribution >= 4 is 0 Å². The highest BCUT2D eigenvalue weighted by atomic mass is 16.5. The van der Waals surface area contributed by atoms with E-state index in [1.165, 1.54) is 5.56 Å². The van der Waals surface area contributed by atoms with Crippen LogP contribution in [-0.4, -0.2) is 26.4 Å². The fourth-order valence-electron chi connectivity index (χ4n) is 2.24. The first-order valence-electron chi connectivity index (χ1n) is 6.35. The van der Waals surface area contributed by atoms with E-state index in [1.54, 1.807) is 0 Å². The number of ether oxygens (including phenoxy) is 2. The molecule has 2 unspecified atom stereocenters. The first-order chi connectivity index (χ1) is 8.35. The van der Waals surface area contributed by atoms with Crippen molar-refractivity contribution in [3.8, 4) is 5.75 Å². The second-order valence-electron chi connectivity index (χ2n) is 4.39. The van der Waals surface area contributed by atoms with Crippen LogP contribution >= 0.6 is 0 Å². The zero-order valence-corrected chi connectivity index (χ0v) is 10.6. The molecule has 1 aliphatic rings. The number of hydrogen-bond donors (Lipinski definition) is 1. The Kier molecular flexibility index (Phi) is 4.40. The van der Waals surface area contributed by atoms with Gasteiger partial charge in [-0.05, 0) is 19.5 Å². The summed E-state index contributed by atoms with van der Waals surface area (Å²) in [6.45, 7) is 3.71. The van der Waals surface area contributed by atoms with Crippen LogP contribution in [0.5, 0.6) is 5.75 Å². The number of benzene rings is 1. The Morgan fingerprint density at radius 3 is 2.94 bits per heavy atom. The van der Waals surface area contributed by atoms with Crippen LogP contribution in [0, 0.1) is 0 Å². The maximum Gasteiger partial charge on any atom is 0.124 e. The molecule has 0 radical (unpaired) electrons. The van der Waals surface area contributed by atoms with E-state index in [0.29, 0.717) is 12.6 Å². The predicted molar refractivity (Wildman–Crippen MR) is 68.4 cm³/mol. The van der Waals surface area contributed by atoms with Gasteiger partial charge in [-0.15, -0.1) is 0 Å². The molecular formula is C14H21NO2. The number of hydrogen-bond acceptors (Lipinski definition) is 3. The first-order valence-corrected chi connectivity index (χ1v) is 6.35. The van der Waals surface area contributed by atoms with Gasteiger partial charge in [-0.3, -0.25) is 0 Å². The summed E-state index contributed by atoms with van der Waals surface area (Å²) in [6, 6.07) is 8.63. The van der Waals surface area contributed by atoms with E-state index >= 15 is 0 Å². The van der Waals surface area contributed by atoms with E-state index < -0.39 is 0 Å². The Morgan fingerprint density at radius 1 is 1.47 bits per heavy atom. The predicted octanol–water partition coefficient (Wildman–Crippen LogP) is 2.52. The molecule has 3 nitrogen and oxygen atoms in total. The lowest BCUT2D eigenvalue weighted by Gasteiger charge is -2.20. The SMILES string of the molecule is CCC(NC)c1ccccc1OC1CCOC1. The van der Waals surface area contributed by atoms with Crippen LogP contribution in [0.15, 0.2) is 24.3 Å². The second-order valence-corrected chi connectivity index (χ2v) is 4.39. The molecule has 2 rings (SSSR count). The van der Waals surface area contributed by atoms with Gasteiger partial charge in [-0.25, -0.2) is 0 Å². The normalized spacial score (nSPS) is 21.4. The Hall–Kier alpha value is -1.06. The lowest BCUT2D eigenvalue weighted by atomic mass is 10.0. The van der Waals surface area contributed by atoms with Gasteiger partial charge >= 0.3 is 0 Å². The van der Waals surface area contributed by atoms with Gasteiger partial charge in [0.05, 0.1) is 13.2 Å². The first kappa shape index (κ1) is 12.4. The lowest BCUT2D eigenvalue weighted by molar-refractivity contribution is 0.140. The summed E-state index contributed by atoms with van der Waals surface area (Å²) in [5, 5.41) is 3.32. The molecule has 1 N–H and O–H groups in total. The average molecular weight is 235 g/mol. The molecule has 3 heteroatoms. The fourth-order valence-corrected chi connectivity index (χ4v) is 2.24. The molecule has 1 heterocycles. The molecule has 1 aliphatic heterocycles. The van der Waals surface area contributed by atoms with E-state index in [4.69, 9.17) is 9.47 Å². The molecule has 1 aromatic rings. The highest BCUT2D eigenvalue weighted by Gasteiger charge is 2.20. The number of nitrogens with one attached hydrogen (secondary N) is 1. The monoisotopic (exact) mass is 235 g/mol. The van der Waals surface area contributed by atoms with E-state index in [-0.39, 0.29) is 6.10 Å². The minimum Gasteiger partial charge on any atom is -0.488 e. The van der Waals surface area contributed by atoms with Gasteiger partial charge in [0.2, 0.25) is 0 Å². The van der Waals surface area contributed by atoms with Crippen molar-refractivity contribution in [1.82, 2.24) is 5.32 Å². The van der Waals surface area contributed by atoms with Crippen molar-refractivity contribution in [3.63, 3.8) is 0 Å². The maximum atomic E-state index is 6.03. The zero-order valence-electron chi connectivity index (χ0n) is 10.6. The molecule has 0 saturated carbocycles. The fraction of sp³-hybridized carbons (Fsp3) is 0.571. The van der Waals surface area contributed by atoms with Gasteiger partial charge in [-0.1, -0.05) is 25.1 Å². The molecule has 17 heavy (non-hydrogen) atoms. The molecule has 1 fully saturated rings. The molecule has 0 bridgehead atoms. The third kappa shape index (κ3) is 2.99. The third-order valence-corrected chi connectivity index (χ3v) is 3.23. The van der Waals surface area contributed by atoms with Crippen molar-refractivity contribution in [2.24, 2.45) is 0 Å². The van der Waals surface area contributed by atoms with E-state index in [2.05, 4.69) is 24.4 Å². The minimum absolute atomic E-state index is 0.213. The Labute approximate surface area is 103 Å². The summed E-state index contributed by atoms with van der Waals surface area (Å²) < 4.78 is 11.4. The molecule has 2 atom stereocenters. The molecule has 1 saturated heterocycles. The van der Waals surface area contributed by atoms with Gasteiger partial charge in [0.25, 0.3) is 0 Å². The van der Waals surface area contributed by atoms with Gasteiger partial charge in [0.1, 0.15) is 11.9 Å². The molecule has 94 valence electrons. The Morgan fingerprint density at radius 2 is 2.29 bits per heavy atom. The van der Waals surface area contributed by atoms with Crippen molar-refractivity contribution < 1.29 is 9.47 Å². The van der Waals surface area contributed by atoms with Crippen LogP contribution in [-0.2, 0) is 4.74 Å². The largest absolute Gasteiger partial charge is 0.488 e.